The number of nitrogens with two attached hydrogens (primary N) is 1. The minimum Gasteiger partial charge on any atom is -0.468 e. The van der Waals surface area contributed by atoms with Crippen LogP contribution in [0.4, 0.5) is 0 Å². The summed E-state index contributed by atoms with van der Waals surface area (Å²) in [6.45, 7) is 2.07. The molecule has 2 N–H and O–H groups in total. The third kappa shape index (κ3) is 3.73. The highest BCUT2D eigenvalue weighted by Gasteiger charge is 2.16. The molecule has 1 heterocycles. The second kappa shape index (κ2) is 7.16. The van der Waals surface area contributed by atoms with Crippen molar-refractivity contribution in [3.8, 4) is 0 Å². The van der Waals surface area contributed by atoms with Gasteiger partial charge in [0.25, 0.3) is 0 Å². The van der Waals surface area contributed by atoms with Crippen LogP contribution in [0.3, 0.4) is 0 Å². The first-order chi connectivity index (χ1) is 8.51. The third-order valence-corrected chi connectivity index (χ3v) is 4.53. The van der Waals surface area contributed by atoms with Gasteiger partial charge in [0.15, 0.2) is 0 Å². The molecule has 0 radical (unpaired) electrons. The van der Waals surface area contributed by atoms with Gasteiger partial charge in [-0.05, 0) is 22.4 Å². The number of thioether (sulfide) groups is 1. The fourth-order valence-electron chi connectivity index (χ4n) is 1.48. The fourth-order valence-corrected chi connectivity index (χ4v) is 3.45. The van der Waals surface area contributed by atoms with Crippen molar-refractivity contribution in [3.63, 3.8) is 0 Å². The zero-order chi connectivity index (χ0) is 13.7. The maximum atomic E-state index is 11.2. The molecule has 7 heteroatoms. The first-order valence-electron chi connectivity index (χ1n) is 5.62. The molecule has 1 rings (SSSR count). The SMILES string of the molecule is CCc1nn(C)c(CSCC(N)C(=O)OC)c1Br. The Morgan fingerprint density at radius 1 is 1.67 bits per heavy atom. The van der Waals surface area contributed by atoms with Crippen molar-refractivity contribution < 1.29 is 9.53 Å². The normalized spacial score (nSPS) is 12.5. The van der Waals surface area contributed by atoms with Crippen molar-refractivity contribution in [2.75, 3.05) is 12.9 Å². The van der Waals surface area contributed by atoms with E-state index in [0.717, 1.165) is 28.0 Å². The van der Waals surface area contributed by atoms with Crippen molar-refractivity contribution in [2.45, 2.75) is 25.1 Å². The number of hydrogen-bond acceptors (Lipinski definition) is 5. The first kappa shape index (κ1) is 15.5. The van der Waals surface area contributed by atoms with E-state index in [9.17, 15) is 4.79 Å². The lowest BCUT2D eigenvalue weighted by atomic mass is 10.3. The molecule has 0 aromatic carbocycles. The van der Waals surface area contributed by atoms with E-state index in [1.54, 1.807) is 11.8 Å². The Morgan fingerprint density at radius 2 is 2.33 bits per heavy atom. The first-order valence-corrected chi connectivity index (χ1v) is 7.57. The van der Waals surface area contributed by atoms with Crippen LogP contribution in [0.1, 0.15) is 18.3 Å². The Kier molecular flexibility index (Phi) is 6.17. The topological polar surface area (TPSA) is 70.1 Å². The Morgan fingerprint density at radius 3 is 2.83 bits per heavy atom. The van der Waals surface area contributed by atoms with E-state index in [-0.39, 0.29) is 5.97 Å². The quantitative estimate of drug-likeness (QED) is 0.797. The van der Waals surface area contributed by atoms with Crippen LogP contribution < -0.4 is 5.73 Å². The van der Waals surface area contributed by atoms with E-state index >= 15 is 0 Å². The molecule has 0 aliphatic carbocycles. The average molecular weight is 336 g/mol. The molecular weight excluding hydrogens is 318 g/mol. The maximum absolute atomic E-state index is 11.2. The molecule has 0 saturated heterocycles. The molecule has 0 spiro atoms. The summed E-state index contributed by atoms with van der Waals surface area (Å²) in [5.41, 5.74) is 7.82. The molecule has 0 aliphatic heterocycles. The van der Waals surface area contributed by atoms with Crippen molar-refractivity contribution >= 4 is 33.7 Å². The minimum atomic E-state index is -0.572. The molecule has 18 heavy (non-hydrogen) atoms. The summed E-state index contributed by atoms with van der Waals surface area (Å²) in [4.78, 5) is 11.2. The van der Waals surface area contributed by atoms with Gasteiger partial charge in [0, 0.05) is 18.6 Å². The number of esters is 1. The molecular formula is C11H18BrN3O2S. The zero-order valence-corrected chi connectivity index (χ0v) is 13.2. The predicted molar refractivity (Wildman–Crippen MR) is 76.4 cm³/mol. The van der Waals surface area contributed by atoms with E-state index in [0.29, 0.717) is 5.75 Å². The molecule has 0 aliphatic rings. The molecule has 0 saturated carbocycles. The molecule has 0 fully saturated rings. The number of halogens is 1. The van der Waals surface area contributed by atoms with E-state index in [2.05, 4.69) is 32.7 Å². The van der Waals surface area contributed by atoms with E-state index in [4.69, 9.17) is 5.73 Å². The lowest BCUT2D eigenvalue weighted by Crippen LogP contribution is -2.33. The molecule has 0 bridgehead atoms. The standard InChI is InChI=1S/C11H18BrN3O2S/c1-4-8-10(12)9(15(2)14-8)6-18-5-7(13)11(16)17-3/h7H,4-6,13H2,1-3H3. The summed E-state index contributed by atoms with van der Waals surface area (Å²) in [5, 5.41) is 4.41. The Bertz CT molecular complexity index is 423. The lowest BCUT2D eigenvalue weighted by Gasteiger charge is -2.08. The number of methoxy groups -OCH3 is 1. The van der Waals surface area contributed by atoms with Crippen LogP contribution in [0.15, 0.2) is 4.47 Å². The number of aromatic nitrogens is 2. The van der Waals surface area contributed by atoms with Gasteiger partial charge >= 0.3 is 5.97 Å². The van der Waals surface area contributed by atoms with Crippen LogP contribution >= 0.6 is 27.7 Å². The van der Waals surface area contributed by atoms with Gasteiger partial charge in [-0.2, -0.15) is 16.9 Å². The fraction of sp³-hybridized carbons (Fsp3) is 0.636. The van der Waals surface area contributed by atoms with Gasteiger partial charge in [0.1, 0.15) is 6.04 Å². The number of hydrogen-bond donors (Lipinski definition) is 1. The van der Waals surface area contributed by atoms with Crippen LogP contribution in [-0.2, 0) is 28.8 Å². The van der Waals surface area contributed by atoms with Crippen LogP contribution in [0.5, 0.6) is 0 Å². The van der Waals surface area contributed by atoms with Gasteiger partial charge in [0.05, 0.1) is 23.0 Å². The van der Waals surface area contributed by atoms with E-state index < -0.39 is 6.04 Å². The number of carbonyl (C=O) groups excluding carboxylic acids is 1. The largest absolute Gasteiger partial charge is 0.468 e. The summed E-state index contributed by atoms with van der Waals surface area (Å²) in [6.07, 6.45) is 0.890. The number of ether oxygens (including phenoxy) is 1. The smallest absolute Gasteiger partial charge is 0.323 e. The van der Waals surface area contributed by atoms with E-state index in [1.807, 2.05) is 11.7 Å². The predicted octanol–water partition coefficient (Wildman–Crippen LogP) is 1.48. The Hall–Kier alpha value is -0.530. The lowest BCUT2D eigenvalue weighted by molar-refractivity contribution is -0.141. The van der Waals surface area contributed by atoms with Gasteiger partial charge in [-0.15, -0.1) is 0 Å². The summed E-state index contributed by atoms with van der Waals surface area (Å²) in [6, 6.07) is -0.572. The van der Waals surface area contributed by atoms with Crippen molar-refractivity contribution in [1.29, 1.82) is 0 Å². The summed E-state index contributed by atoms with van der Waals surface area (Å²) in [7, 11) is 3.26. The Labute approximate surface area is 120 Å². The van der Waals surface area contributed by atoms with Crippen LogP contribution in [-0.4, -0.2) is 34.7 Å². The average Bonchev–Trinajstić information content (AvgIpc) is 2.64. The zero-order valence-electron chi connectivity index (χ0n) is 10.8. The molecule has 1 unspecified atom stereocenters. The minimum absolute atomic E-state index is 0.374. The van der Waals surface area contributed by atoms with Gasteiger partial charge in [0.2, 0.25) is 0 Å². The van der Waals surface area contributed by atoms with Gasteiger partial charge in [-0.1, -0.05) is 6.92 Å². The number of aryl methyl sites for hydroxylation is 2. The maximum Gasteiger partial charge on any atom is 0.323 e. The van der Waals surface area contributed by atoms with Crippen molar-refractivity contribution in [1.82, 2.24) is 9.78 Å². The molecule has 102 valence electrons. The second-order valence-corrected chi connectivity index (χ2v) is 5.65. The third-order valence-electron chi connectivity index (χ3n) is 2.54. The van der Waals surface area contributed by atoms with Gasteiger partial charge in [-0.25, -0.2) is 0 Å². The highest BCUT2D eigenvalue weighted by atomic mass is 79.9. The number of rotatable bonds is 6. The monoisotopic (exact) mass is 335 g/mol. The van der Waals surface area contributed by atoms with Crippen molar-refractivity contribution in [2.24, 2.45) is 12.8 Å². The summed E-state index contributed by atoms with van der Waals surface area (Å²) >= 11 is 5.15. The second-order valence-electron chi connectivity index (χ2n) is 3.83. The van der Waals surface area contributed by atoms with Crippen LogP contribution in [0.2, 0.25) is 0 Å². The highest BCUT2D eigenvalue weighted by molar-refractivity contribution is 9.10. The van der Waals surface area contributed by atoms with Crippen LogP contribution in [0.25, 0.3) is 0 Å². The number of carbonyl (C=O) groups is 1. The highest BCUT2D eigenvalue weighted by Crippen LogP contribution is 2.25. The van der Waals surface area contributed by atoms with Gasteiger partial charge < -0.3 is 10.5 Å². The summed E-state index contributed by atoms with van der Waals surface area (Å²) < 4.78 is 7.49. The van der Waals surface area contributed by atoms with E-state index in [1.165, 1.54) is 7.11 Å². The molecule has 1 aromatic heterocycles. The number of nitrogens with zero attached hydrogens (tertiary/aromatic N) is 2. The van der Waals surface area contributed by atoms with Gasteiger partial charge in [-0.3, -0.25) is 9.48 Å². The summed E-state index contributed by atoms with van der Waals surface area (Å²) in [5.74, 6) is 0.918. The molecule has 1 aromatic rings. The molecule has 1 atom stereocenters. The molecule has 0 amide bonds. The van der Waals surface area contributed by atoms with Crippen molar-refractivity contribution in [3.05, 3.63) is 15.9 Å². The molecule has 5 nitrogen and oxygen atoms in total. The Balaban J connectivity index is 2.54. The van der Waals surface area contributed by atoms with Crippen LogP contribution in [0, 0.1) is 0 Å².